The molecule has 6 rings (SSSR count). The lowest BCUT2D eigenvalue weighted by atomic mass is 10.00. The summed E-state index contributed by atoms with van der Waals surface area (Å²) in [4.78, 5) is 26.3. The summed E-state index contributed by atoms with van der Waals surface area (Å²) in [5, 5.41) is 12.8. The molecule has 1 N–H and O–H groups in total. The Morgan fingerprint density at radius 2 is 2.00 bits per heavy atom. The first-order valence-electron chi connectivity index (χ1n) is 11.5. The molecule has 5 heterocycles. The highest BCUT2D eigenvalue weighted by atomic mass is 32.2. The molecule has 1 saturated heterocycles. The monoisotopic (exact) mass is 498 g/mol. The van der Waals surface area contributed by atoms with Gasteiger partial charge in [0.05, 0.1) is 11.1 Å². The maximum absolute atomic E-state index is 13.0. The number of H-pyrrole nitrogens is 1. The maximum atomic E-state index is 13.0. The van der Waals surface area contributed by atoms with E-state index in [0.29, 0.717) is 23.0 Å². The van der Waals surface area contributed by atoms with Crippen molar-refractivity contribution in [3.05, 3.63) is 38.6 Å². The van der Waals surface area contributed by atoms with Crippen molar-refractivity contribution in [2.75, 3.05) is 18.0 Å². The third kappa shape index (κ3) is 4.13. The summed E-state index contributed by atoms with van der Waals surface area (Å²) in [6.45, 7) is 6.50. The van der Waals surface area contributed by atoms with E-state index in [-0.39, 0.29) is 5.56 Å². The van der Waals surface area contributed by atoms with Gasteiger partial charge in [-0.25, -0.2) is 4.98 Å². The quantitative estimate of drug-likeness (QED) is 0.355. The molecule has 1 aliphatic carbocycles. The van der Waals surface area contributed by atoms with E-state index in [0.717, 1.165) is 45.4 Å². The lowest BCUT2D eigenvalue weighted by molar-refractivity contribution is 0.429. The van der Waals surface area contributed by atoms with Crippen molar-refractivity contribution in [3.8, 4) is 10.4 Å². The van der Waals surface area contributed by atoms with Crippen LogP contribution in [0.15, 0.2) is 27.5 Å². The minimum atomic E-state index is -0.0651. The van der Waals surface area contributed by atoms with E-state index < -0.39 is 0 Å². The van der Waals surface area contributed by atoms with Gasteiger partial charge in [0.1, 0.15) is 10.7 Å². The van der Waals surface area contributed by atoms with Crippen LogP contribution in [0.2, 0.25) is 0 Å². The van der Waals surface area contributed by atoms with Crippen molar-refractivity contribution in [3.63, 3.8) is 0 Å². The van der Waals surface area contributed by atoms with Gasteiger partial charge in [0.2, 0.25) is 5.95 Å². The molecule has 4 aromatic rings. The summed E-state index contributed by atoms with van der Waals surface area (Å²) in [5.74, 6) is 3.05. The van der Waals surface area contributed by atoms with Gasteiger partial charge in [-0.2, -0.15) is 0 Å². The largest absolute Gasteiger partial charge is 0.341 e. The molecule has 7 nitrogen and oxygen atoms in total. The minimum Gasteiger partial charge on any atom is -0.341 e. The molecule has 2 fully saturated rings. The second-order valence-electron chi connectivity index (χ2n) is 9.09. The highest BCUT2D eigenvalue weighted by Gasteiger charge is 2.32. The molecule has 10 heteroatoms. The van der Waals surface area contributed by atoms with Gasteiger partial charge < -0.3 is 9.88 Å². The molecule has 172 valence electrons. The minimum absolute atomic E-state index is 0.0651. The Balaban J connectivity index is 1.24. The van der Waals surface area contributed by atoms with Gasteiger partial charge in [0, 0.05) is 39.8 Å². The van der Waals surface area contributed by atoms with E-state index in [2.05, 4.69) is 50.6 Å². The molecular weight excluding hydrogens is 472 g/mol. The molecule has 0 aromatic carbocycles. The standard InChI is InChI=1S/C23H26N6OS3/c1-13-7-9-28(10-8-13)22-26-27-23(29(22)15-4-5-15)32-12-18-24-20(30)19-16(11-31-21(19)25-18)17-6-3-14(2)33-17/h3,6,11,13,15H,4-5,7-10,12H2,1-2H3,(H,24,25,30). The van der Waals surface area contributed by atoms with Gasteiger partial charge in [-0.05, 0) is 50.7 Å². The van der Waals surface area contributed by atoms with Gasteiger partial charge >= 0.3 is 0 Å². The number of anilines is 1. The van der Waals surface area contributed by atoms with Gasteiger partial charge in [0.15, 0.2) is 5.16 Å². The number of thiophene rings is 2. The van der Waals surface area contributed by atoms with Crippen molar-refractivity contribution in [2.24, 2.45) is 5.92 Å². The third-order valence-corrected chi connectivity index (χ3v) is 9.32. The number of nitrogens with one attached hydrogen (secondary N) is 1. The number of piperidine rings is 1. The average molecular weight is 499 g/mol. The first-order chi connectivity index (χ1) is 16.1. The Labute approximate surface area is 204 Å². The smallest absolute Gasteiger partial charge is 0.260 e. The van der Waals surface area contributed by atoms with Gasteiger partial charge in [0.25, 0.3) is 5.56 Å². The summed E-state index contributed by atoms with van der Waals surface area (Å²) < 4.78 is 2.32. The molecule has 0 atom stereocenters. The Hall–Kier alpha value is -2.17. The Kier molecular flexibility index (Phi) is 5.54. The number of hydrogen-bond donors (Lipinski definition) is 1. The molecule has 2 aliphatic rings. The normalized spacial score (nSPS) is 17.3. The number of aryl methyl sites for hydroxylation is 1. The first kappa shape index (κ1) is 21.4. The van der Waals surface area contributed by atoms with E-state index in [1.807, 2.05) is 5.38 Å². The molecule has 33 heavy (non-hydrogen) atoms. The zero-order valence-electron chi connectivity index (χ0n) is 18.7. The molecule has 1 aliphatic heterocycles. The van der Waals surface area contributed by atoms with Crippen molar-refractivity contribution in [1.29, 1.82) is 0 Å². The van der Waals surface area contributed by atoms with Crippen LogP contribution in [0.3, 0.4) is 0 Å². The summed E-state index contributed by atoms with van der Waals surface area (Å²) in [6, 6.07) is 4.67. The van der Waals surface area contributed by atoms with Gasteiger partial charge in [-0.3, -0.25) is 9.36 Å². The highest BCUT2D eigenvalue weighted by Crippen LogP contribution is 2.42. The fraction of sp³-hybridized carbons (Fsp3) is 0.478. The van der Waals surface area contributed by atoms with E-state index >= 15 is 0 Å². The Morgan fingerprint density at radius 1 is 1.18 bits per heavy atom. The van der Waals surface area contributed by atoms with Crippen LogP contribution in [-0.4, -0.2) is 37.8 Å². The summed E-state index contributed by atoms with van der Waals surface area (Å²) in [6.07, 6.45) is 4.78. The van der Waals surface area contributed by atoms with Crippen LogP contribution in [-0.2, 0) is 5.75 Å². The van der Waals surface area contributed by atoms with Crippen molar-refractivity contribution < 1.29 is 0 Å². The first-order valence-corrected chi connectivity index (χ1v) is 14.1. The SMILES string of the molecule is Cc1ccc(-c2csc3nc(CSc4nnc(N5CCC(C)CC5)n4C4CC4)[nH]c(=O)c23)s1. The predicted octanol–water partition coefficient (Wildman–Crippen LogP) is 5.48. The lowest BCUT2D eigenvalue weighted by Crippen LogP contribution is -2.34. The van der Waals surface area contributed by atoms with Crippen molar-refractivity contribution in [1.82, 2.24) is 24.7 Å². The van der Waals surface area contributed by atoms with E-state index in [1.165, 1.54) is 41.9 Å². The molecule has 0 spiro atoms. The van der Waals surface area contributed by atoms with E-state index in [1.54, 1.807) is 23.1 Å². The van der Waals surface area contributed by atoms with Crippen LogP contribution >= 0.6 is 34.4 Å². The van der Waals surface area contributed by atoms with Crippen LogP contribution in [0.4, 0.5) is 5.95 Å². The molecular formula is C23H26N6OS3. The zero-order valence-corrected chi connectivity index (χ0v) is 21.2. The second-order valence-corrected chi connectivity index (χ2v) is 12.2. The second kappa shape index (κ2) is 8.56. The fourth-order valence-corrected chi connectivity index (χ4v) is 7.19. The Bertz CT molecular complexity index is 1360. The maximum Gasteiger partial charge on any atom is 0.260 e. The number of thioether (sulfide) groups is 1. The molecule has 0 unspecified atom stereocenters. The summed E-state index contributed by atoms with van der Waals surface area (Å²) in [5.41, 5.74) is 0.916. The van der Waals surface area contributed by atoms with Crippen LogP contribution in [0.25, 0.3) is 20.7 Å². The zero-order chi connectivity index (χ0) is 22.5. The molecule has 1 saturated carbocycles. The number of rotatable bonds is 6. The number of aromatic nitrogens is 5. The number of aromatic amines is 1. The summed E-state index contributed by atoms with van der Waals surface area (Å²) in [7, 11) is 0. The van der Waals surface area contributed by atoms with Crippen LogP contribution in [0.5, 0.6) is 0 Å². The topological polar surface area (TPSA) is 79.7 Å². The fourth-order valence-electron chi connectivity index (χ4n) is 4.40. The van der Waals surface area contributed by atoms with Crippen LogP contribution in [0.1, 0.15) is 49.4 Å². The average Bonchev–Trinajstić information content (AvgIpc) is 3.19. The van der Waals surface area contributed by atoms with Gasteiger partial charge in [-0.15, -0.1) is 32.9 Å². The summed E-state index contributed by atoms with van der Waals surface area (Å²) >= 11 is 4.85. The van der Waals surface area contributed by atoms with Crippen molar-refractivity contribution >= 4 is 50.6 Å². The predicted molar refractivity (Wildman–Crippen MR) is 137 cm³/mol. The van der Waals surface area contributed by atoms with E-state index in [9.17, 15) is 4.79 Å². The lowest BCUT2D eigenvalue weighted by Gasteiger charge is -2.31. The molecule has 4 aromatic heterocycles. The molecule has 0 bridgehead atoms. The van der Waals surface area contributed by atoms with Gasteiger partial charge in [-0.1, -0.05) is 18.7 Å². The van der Waals surface area contributed by atoms with Crippen LogP contribution in [0, 0.1) is 12.8 Å². The number of nitrogens with zero attached hydrogens (tertiary/aromatic N) is 5. The number of fused-ring (bicyclic) bond motifs is 1. The third-order valence-electron chi connectivity index (χ3n) is 6.46. The van der Waals surface area contributed by atoms with Crippen molar-refractivity contribution in [2.45, 2.75) is 56.5 Å². The highest BCUT2D eigenvalue weighted by molar-refractivity contribution is 7.98. The Morgan fingerprint density at radius 3 is 2.73 bits per heavy atom. The number of hydrogen-bond acceptors (Lipinski definition) is 8. The van der Waals surface area contributed by atoms with E-state index in [4.69, 9.17) is 4.98 Å². The molecule has 0 radical (unpaired) electrons. The van der Waals surface area contributed by atoms with Crippen LogP contribution < -0.4 is 10.5 Å². The molecule has 0 amide bonds.